The van der Waals surface area contributed by atoms with Crippen molar-refractivity contribution >= 4 is 35.6 Å². The number of rotatable bonds is 4. The Labute approximate surface area is 160 Å². The van der Waals surface area contributed by atoms with Crippen LogP contribution < -0.4 is 15.4 Å². The van der Waals surface area contributed by atoms with E-state index in [-0.39, 0.29) is 35.8 Å². The molecule has 4 nitrogen and oxygen atoms in total. The molecule has 3 fully saturated rings. The van der Waals surface area contributed by atoms with Gasteiger partial charge in [0, 0.05) is 11.6 Å². The van der Waals surface area contributed by atoms with Gasteiger partial charge in [-0.3, -0.25) is 4.79 Å². The van der Waals surface area contributed by atoms with E-state index in [9.17, 15) is 4.79 Å². The number of anilines is 1. The number of nitrogens with one attached hydrogen (secondary N) is 2. The maximum absolute atomic E-state index is 12.5. The minimum atomic E-state index is 0. The standard InChI is InChI=1S/C19H25ClN2O2.ClH/c20-16-11-13(5-6-17(16)24-14-3-1-2-4-14)22-18(23)15-12-19(15)7-9-21-10-8-19;/h5-6,11,14-15,21H,1-4,7-10,12H2,(H,22,23);1H. The van der Waals surface area contributed by atoms with Crippen molar-refractivity contribution in [1.29, 1.82) is 0 Å². The van der Waals surface area contributed by atoms with Crippen LogP contribution in [0.4, 0.5) is 5.69 Å². The molecule has 2 N–H and O–H groups in total. The number of hydrogen-bond acceptors (Lipinski definition) is 3. The minimum absolute atomic E-state index is 0. The van der Waals surface area contributed by atoms with E-state index in [0.717, 1.165) is 56.6 Å². The molecular weight excluding hydrogens is 359 g/mol. The molecule has 1 aliphatic heterocycles. The third-order valence-electron chi connectivity index (χ3n) is 5.90. The van der Waals surface area contributed by atoms with Crippen LogP contribution in [0, 0.1) is 11.3 Å². The molecular formula is C19H26Cl2N2O2. The summed E-state index contributed by atoms with van der Waals surface area (Å²) in [6, 6.07) is 5.58. The van der Waals surface area contributed by atoms with E-state index in [0.29, 0.717) is 5.02 Å². The number of carbonyl (C=O) groups excluding carboxylic acids is 1. The van der Waals surface area contributed by atoms with Crippen LogP contribution in [0.25, 0.3) is 0 Å². The normalized spacial score (nSPS) is 24.6. The summed E-state index contributed by atoms with van der Waals surface area (Å²) >= 11 is 6.34. The van der Waals surface area contributed by atoms with Gasteiger partial charge < -0.3 is 15.4 Å². The number of hydrogen-bond donors (Lipinski definition) is 2. The van der Waals surface area contributed by atoms with E-state index < -0.39 is 0 Å². The van der Waals surface area contributed by atoms with E-state index in [2.05, 4.69) is 10.6 Å². The molecule has 1 aromatic carbocycles. The van der Waals surface area contributed by atoms with Gasteiger partial charge in [0.25, 0.3) is 0 Å². The Morgan fingerprint density at radius 3 is 2.64 bits per heavy atom. The summed E-state index contributed by atoms with van der Waals surface area (Å²) < 4.78 is 5.96. The Hall–Kier alpha value is -0.970. The second-order valence-electron chi connectivity index (χ2n) is 7.53. The molecule has 0 aromatic heterocycles. The maximum atomic E-state index is 12.5. The van der Waals surface area contributed by atoms with Crippen LogP contribution in [0.2, 0.25) is 5.02 Å². The predicted octanol–water partition coefficient (Wildman–Crippen LogP) is 4.41. The van der Waals surface area contributed by atoms with Crippen LogP contribution in [0.1, 0.15) is 44.9 Å². The summed E-state index contributed by atoms with van der Waals surface area (Å²) in [6.45, 7) is 2.06. The largest absolute Gasteiger partial charge is 0.489 e. The summed E-state index contributed by atoms with van der Waals surface area (Å²) in [7, 11) is 0. The zero-order chi connectivity index (χ0) is 16.6. The summed E-state index contributed by atoms with van der Waals surface area (Å²) in [4.78, 5) is 12.5. The average Bonchev–Trinajstić information content (AvgIpc) is 3.03. The van der Waals surface area contributed by atoms with Gasteiger partial charge in [-0.25, -0.2) is 0 Å². The lowest BCUT2D eigenvalue weighted by Crippen LogP contribution is -2.31. The van der Waals surface area contributed by atoms with Crippen LogP contribution in [0.3, 0.4) is 0 Å². The lowest BCUT2D eigenvalue weighted by Gasteiger charge is -2.23. The van der Waals surface area contributed by atoms with Crippen molar-refractivity contribution in [2.45, 2.75) is 51.0 Å². The average molecular weight is 385 g/mol. The first-order chi connectivity index (χ1) is 11.7. The van der Waals surface area contributed by atoms with Gasteiger partial charge in [0.05, 0.1) is 11.1 Å². The molecule has 1 unspecified atom stereocenters. The third-order valence-corrected chi connectivity index (χ3v) is 6.20. The molecule has 1 atom stereocenters. The summed E-state index contributed by atoms with van der Waals surface area (Å²) in [5, 5.41) is 6.98. The zero-order valence-corrected chi connectivity index (χ0v) is 15.9. The van der Waals surface area contributed by atoms with Crippen molar-refractivity contribution in [2.24, 2.45) is 11.3 Å². The fourth-order valence-corrected chi connectivity index (χ4v) is 4.51. The highest BCUT2D eigenvalue weighted by Crippen LogP contribution is 2.58. The van der Waals surface area contributed by atoms with Crippen LogP contribution in [0.5, 0.6) is 5.75 Å². The van der Waals surface area contributed by atoms with Gasteiger partial charge >= 0.3 is 0 Å². The Kier molecular flexibility index (Phi) is 5.81. The van der Waals surface area contributed by atoms with Crippen molar-refractivity contribution in [3.8, 4) is 5.75 Å². The van der Waals surface area contributed by atoms with E-state index in [4.69, 9.17) is 16.3 Å². The van der Waals surface area contributed by atoms with Crippen LogP contribution in [-0.2, 0) is 4.79 Å². The molecule has 6 heteroatoms. The van der Waals surface area contributed by atoms with Gasteiger partial charge in [0.15, 0.2) is 0 Å². The van der Waals surface area contributed by atoms with Crippen molar-refractivity contribution in [3.05, 3.63) is 23.2 Å². The van der Waals surface area contributed by atoms with Crippen molar-refractivity contribution in [1.82, 2.24) is 5.32 Å². The Morgan fingerprint density at radius 1 is 1.24 bits per heavy atom. The highest BCUT2D eigenvalue weighted by Gasteiger charge is 2.57. The molecule has 0 radical (unpaired) electrons. The molecule has 2 aliphatic carbocycles. The lowest BCUT2D eigenvalue weighted by molar-refractivity contribution is -0.118. The Bertz CT molecular complexity index is 626. The molecule has 4 rings (SSSR count). The maximum Gasteiger partial charge on any atom is 0.228 e. The summed E-state index contributed by atoms with van der Waals surface area (Å²) in [5.41, 5.74) is 1.02. The van der Waals surface area contributed by atoms with Crippen LogP contribution in [-0.4, -0.2) is 25.1 Å². The predicted molar refractivity (Wildman–Crippen MR) is 103 cm³/mol. The smallest absolute Gasteiger partial charge is 0.228 e. The molecule has 1 spiro atoms. The number of benzene rings is 1. The fourth-order valence-electron chi connectivity index (χ4n) is 4.28. The second kappa shape index (κ2) is 7.73. The number of carbonyl (C=O) groups is 1. The van der Waals surface area contributed by atoms with Crippen LogP contribution >= 0.6 is 24.0 Å². The van der Waals surface area contributed by atoms with Crippen LogP contribution in [0.15, 0.2) is 18.2 Å². The lowest BCUT2D eigenvalue weighted by atomic mass is 9.92. The van der Waals surface area contributed by atoms with Crippen molar-refractivity contribution in [3.63, 3.8) is 0 Å². The van der Waals surface area contributed by atoms with Gasteiger partial charge in [-0.05, 0) is 81.6 Å². The molecule has 2 saturated carbocycles. The SMILES string of the molecule is Cl.O=C(Nc1ccc(OC2CCCC2)c(Cl)c1)C1CC12CCNCC2. The molecule has 1 saturated heterocycles. The van der Waals surface area contributed by atoms with Crippen molar-refractivity contribution < 1.29 is 9.53 Å². The third kappa shape index (κ3) is 4.07. The topological polar surface area (TPSA) is 50.4 Å². The molecule has 1 amide bonds. The van der Waals surface area contributed by atoms with Gasteiger partial charge in [-0.15, -0.1) is 12.4 Å². The fraction of sp³-hybridized carbons (Fsp3) is 0.632. The van der Waals surface area contributed by atoms with E-state index in [1.807, 2.05) is 12.1 Å². The first kappa shape index (κ1) is 18.8. The second-order valence-corrected chi connectivity index (χ2v) is 7.94. The molecule has 138 valence electrons. The zero-order valence-electron chi connectivity index (χ0n) is 14.4. The van der Waals surface area contributed by atoms with E-state index in [1.165, 1.54) is 12.8 Å². The molecule has 3 aliphatic rings. The molecule has 1 heterocycles. The monoisotopic (exact) mass is 384 g/mol. The highest BCUT2D eigenvalue weighted by molar-refractivity contribution is 6.32. The molecule has 0 bridgehead atoms. The quantitative estimate of drug-likeness (QED) is 0.807. The Morgan fingerprint density at radius 2 is 1.96 bits per heavy atom. The van der Waals surface area contributed by atoms with Gasteiger partial charge in [0.2, 0.25) is 5.91 Å². The number of halogens is 2. The number of amides is 1. The van der Waals surface area contributed by atoms with Gasteiger partial charge in [-0.1, -0.05) is 11.6 Å². The summed E-state index contributed by atoms with van der Waals surface area (Å²) in [6.07, 6.45) is 8.21. The molecule has 25 heavy (non-hydrogen) atoms. The van der Waals surface area contributed by atoms with E-state index >= 15 is 0 Å². The minimum Gasteiger partial charge on any atom is -0.489 e. The summed E-state index contributed by atoms with van der Waals surface area (Å²) in [5.74, 6) is 1.02. The van der Waals surface area contributed by atoms with Gasteiger partial charge in [-0.2, -0.15) is 0 Å². The number of ether oxygens (including phenoxy) is 1. The first-order valence-electron chi connectivity index (χ1n) is 9.14. The first-order valence-corrected chi connectivity index (χ1v) is 9.52. The molecule has 1 aromatic rings. The van der Waals surface area contributed by atoms with E-state index in [1.54, 1.807) is 6.07 Å². The Balaban J connectivity index is 0.00000182. The highest BCUT2D eigenvalue weighted by atomic mass is 35.5. The van der Waals surface area contributed by atoms with Gasteiger partial charge in [0.1, 0.15) is 5.75 Å². The van der Waals surface area contributed by atoms with Crippen molar-refractivity contribution in [2.75, 3.05) is 18.4 Å². The number of piperidine rings is 1.